The second kappa shape index (κ2) is 6.02. The first-order chi connectivity index (χ1) is 6.70. The minimum Gasteiger partial charge on any atom is -0.417 e. The molecule has 0 N–H and O–H groups in total. The van der Waals surface area contributed by atoms with E-state index < -0.39 is 8.32 Å². The van der Waals surface area contributed by atoms with Crippen LogP contribution in [0.25, 0.3) is 0 Å². The highest BCUT2D eigenvalue weighted by molar-refractivity contribution is 6.74. The highest BCUT2D eigenvalue weighted by Crippen LogP contribution is 2.36. The zero-order valence-corrected chi connectivity index (χ0v) is 12.2. The van der Waals surface area contributed by atoms with Gasteiger partial charge in [0.1, 0.15) is 6.29 Å². The van der Waals surface area contributed by atoms with Crippen molar-refractivity contribution in [3.8, 4) is 0 Å². The van der Waals surface area contributed by atoms with Crippen LogP contribution in [0.1, 0.15) is 33.6 Å². The molecule has 0 saturated carbocycles. The van der Waals surface area contributed by atoms with Gasteiger partial charge in [-0.05, 0) is 31.0 Å². The van der Waals surface area contributed by atoms with E-state index in [4.69, 9.17) is 16.0 Å². The van der Waals surface area contributed by atoms with E-state index in [2.05, 4.69) is 33.9 Å². The van der Waals surface area contributed by atoms with Crippen molar-refractivity contribution in [2.45, 2.75) is 57.1 Å². The van der Waals surface area contributed by atoms with E-state index in [9.17, 15) is 4.79 Å². The number of carbonyl (C=O) groups excluding carboxylic acids is 1. The van der Waals surface area contributed by atoms with Gasteiger partial charge in [-0.15, -0.1) is 11.6 Å². The maximum Gasteiger partial charge on any atom is 0.191 e. The van der Waals surface area contributed by atoms with E-state index in [1.165, 1.54) is 0 Å². The Labute approximate surface area is 99.5 Å². The number of halogens is 1. The zero-order valence-electron chi connectivity index (χ0n) is 10.5. The van der Waals surface area contributed by atoms with E-state index >= 15 is 0 Å². The lowest BCUT2D eigenvalue weighted by atomic mass is 10.2. The lowest BCUT2D eigenvalue weighted by molar-refractivity contribution is -0.107. The summed E-state index contributed by atoms with van der Waals surface area (Å²) in [7, 11) is -1.62. The van der Waals surface area contributed by atoms with Crippen LogP contribution in [0.15, 0.2) is 0 Å². The third-order valence-corrected chi connectivity index (χ3v) is 7.90. The fourth-order valence-corrected chi connectivity index (χ4v) is 2.13. The van der Waals surface area contributed by atoms with Crippen LogP contribution in [-0.2, 0) is 9.22 Å². The molecule has 0 saturated heterocycles. The van der Waals surface area contributed by atoms with Crippen LogP contribution in [0.3, 0.4) is 0 Å². The molecular weight excluding hydrogens is 228 g/mol. The number of rotatable bonds is 6. The molecule has 0 fully saturated rings. The molecule has 0 aromatic heterocycles. The van der Waals surface area contributed by atoms with Crippen molar-refractivity contribution in [3.63, 3.8) is 0 Å². The van der Waals surface area contributed by atoms with Gasteiger partial charge in [-0.25, -0.2) is 0 Å². The summed E-state index contributed by atoms with van der Waals surface area (Å²) in [6.45, 7) is 11.8. The smallest absolute Gasteiger partial charge is 0.191 e. The Hall–Kier alpha value is 0.137. The molecule has 0 aliphatic heterocycles. The highest BCUT2D eigenvalue weighted by Gasteiger charge is 2.36. The Morgan fingerprint density at radius 2 is 1.93 bits per heavy atom. The van der Waals surface area contributed by atoms with E-state index in [1.54, 1.807) is 0 Å². The number of alkyl halides is 1. The Kier molecular flexibility index (Phi) is 6.07. The predicted molar refractivity (Wildman–Crippen MR) is 68.1 cm³/mol. The van der Waals surface area contributed by atoms with E-state index in [0.717, 1.165) is 12.7 Å². The largest absolute Gasteiger partial charge is 0.417 e. The first-order valence-corrected chi connectivity index (χ1v) is 8.78. The summed E-state index contributed by atoms with van der Waals surface area (Å²) in [5, 5.41) is -0.106. The van der Waals surface area contributed by atoms with Crippen LogP contribution in [-0.4, -0.2) is 26.6 Å². The van der Waals surface area contributed by atoms with Gasteiger partial charge >= 0.3 is 0 Å². The Morgan fingerprint density at radius 3 is 2.33 bits per heavy atom. The summed E-state index contributed by atoms with van der Waals surface area (Å²) in [4.78, 5) is 10.3. The molecule has 15 heavy (non-hydrogen) atoms. The molecule has 0 amide bonds. The Balaban J connectivity index is 3.81. The van der Waals surface area contributed by atoms with Crippen LogP contribution in [0.5, 0.6) is 0 Å². The van der Waals surface area contributed by atoms with Crippen molar-refractivity contribution >= 4 is 26.2 Å². The molecule has 0 aromatic carbocycles. The SMILES string of the molecule is CC(C)(C)[Si](C)(C)OCCCC(Cl)C=O. The van der Waals surface area contributed by atoms with Gasteiger partial charge < -0.3 is 9.22 Å². The molecule has 0 heterocycles. The van der Waals surface area contributed by atoms with Gasteiger partial charge in [-0.3, -0.25) is 0 Å². The van der Waals surface area contributed by atoms with Gasteiger partial charge in [0.05, 0.1) is 5.38 Å². The third kappa shape index (κ3) is 5.69. The molecular formula is C11H23ClO2Si. The number of hydrogen-bond donors (Lipinski definition) is 0. The molecule has 0 radical (unpaired) electrons. The van der Waals surface area contributed by atoms with Crippen molar-refractivity contribution in [3.05, 3.63) is 0 Å². The highest BCUT2D eigenvalue weighted by atomic mass is 35.5. The van der Waals surface area contributed by atoms with Crippen molar-refractivity contribution in [1.82, 2.24) is 0 Å². The van der Waals surface area contributed by atoms with Crippen molar-refractivity contribution < 1.29 is 9.22 Å². The molecule has 0 bridgehead atoms. The fraction of sp³-hybridized carbons (Fsp3) is 0.909. The van der Waals surface area contributed by atoms with Gasteiger partial charge in [-0.1, -0.05) is 20.8 Å². The lowest BCUT2D eigenvalue weighted by Gasteiger charge is -2.36. The zero-order chi connectivity index (χ0) is 12.1. The van der Waals surface area contributed by atoms with Crippen molar-refractivity contribution in [1.29, 1.82) is 0 Å². The first-order valence-electron chi connectivity index (χ1n) is 5.44. The second-order valence-electron chi connectivity index (χ2n) is 5.40. The van der Waals surface area contributed by atoms with Crippen LogP contribution in [0.4, 0.5) is 0 Å². The van der Waals surface area contributed by atoms with Crippen molar-refractivity contribution in [2.24, 2.45) is 0 Å². The van der Waals surface area contributed by atoms with Crippen LogP contribution >= 0.6 is 11.6 Å². The molecule has 0 aromatic rings. The fourth-order valence-electron chi connectivity index (χ4n) is 0.890. The molecule has 90 valence electrons. The third-order valence-electron chi connectivity index (χ3n) is 3.04. The summed E-state index contributed by atoms with van der Waals surface area (Å²) in [6.07, 6.45) is 2.35. The second-order valence-corrected chi connectivity index (χ2v) is 10.8. The molecule has 0 aliphatic carbocycles. The summed E-state index contributed by atoms with van der Waals surface area (Å²) >= 11 is 5.69. The molecule has 1 unspecified atom stereocenters. The van der Waals surface area contributed by atoms with Gasteiger partial charge in [0, 0.05) is 6.61 Å². The quantitative estimate of drug-likeness (QED) is 0.312. The predicted octanol–water partition coefficient (Wildman–Crippen LogP) is 3.59. The minimum absolute atomic E-state index is 0.248. The Morgan fingerprint density at radius 1 is 1.40 bits per heavy atom. The summed E-state index contributed by atoms with van der Waals surface area (Å²) in [6, 6.07) is 0. The van der Waals surface area contributed by atoms with Crippen molar-refractivity contribution in [2.75, 3.05) is 6.61 Å². The van der Waals surface area contributed by atoms with E-state index in [-0.39, 0.29) is 10.4 Å². The van der Waals surface area contributed by atoms with E-state index in [1.807, 2.05) is 0 Å². The normalized spacial score (nSPS) is 15.1. The van der Waals surface area contributed by atoms with Crippen LogP contribution in [0.2, 0.25) is 18.1 Å². The van der Waals surface area contributed by atoms with E-state index in [0.29, 0.717) is 13.0 Å². The standard InChI is InChI=1S/C11H23ClO2Si/c1-11(2,3)15(4,5)14-8-6-7-10(12)9-13/h9-10H,6-8H2,1-5H3. The molecule has 0 rings (SSSR count). The van der Waals surface area contributed by atoms with Gasteiger partial charge in [0.25, 0.3) is 0 Å². The topological polar surface area (TPSA) is 26.3 Å². The number of hydrogen-bond acceptors (Lipinski definition) is 2. The van der Waals surface area contributed by atoms with Gasteiger partial charge in [-0.2, -0.15) is 0 Å². The average Bonchev–Trinajstić information content (AvgIpc) is 2.10. The molecule has 2 nitrogen and oxygen atoms in total. The van der Waals surface area contributed by atoms with Crippen LogP contribution in [0, 0.1) is 0 Å². The minimum atomic E-state index is -1.62. The first kappa shape index (κ1) is 15.1. The maximum absolute atomic E-state index is 10.3. The van der Waals surface area contributed by atoms with Gasteiger partial charge in [0.2, 0.25) is 0 Å². The lowest BCUT2D eigenvalue weighted by Crippen LogP contribution is -2.41. The molecule has 0 aliphatic rings. The molecule has 4 heteroatoms. The van der Waals surface area contributed by atoms with Gasteiger partial charge in [0.15, 0.2) is 8.32 Å². The monoisotopic (exact) mass is 250 g/mol. The van der Waals surface area contributed by atoms with Crippen LogP contribution < -0.4 is 0 Å². The molecule has 1 atom stereocenters. The summed E-state index contributed by atoms with van der Waals surface area (Å²) < 4.78 is 5.95. The average molecular weight is 251 g/mol. The summed E-state index contributed by atoms with van der Waals surface area (Å²) in [5.74, 6) is 0. The number of aldehydes is 1. The number of carbonyl (C=O) groups is 1. The molecule has 0 spiro atoms. The maximum atomic E-state index is 10.3. The summed E-state index contributed by atoms with van der Waals surface area (Å²) in [5.41, 5.74) is 0. The Bertz CT molecular complexity index is 199.